The Bertz CT molecular complexity index is 1290. The quantitative estimate of drug-likeness (QED) is 0.447. The number of fused-ring (bicyclic) bond motifs is 1. The van der Waals surface area contributed by atoms with Gasteiger partial charge in [0.05, 0.1) is 13.1 Å². The maximum Gasteiger partial charge on any atom is 0.336 e. The third-order valence-corrected chi connectivity index (χ3v) is 5.07. The maximum absolute atomic E-state index is 12.3. The van der Waals surface area contributed by atoms with E-state index in [0.717, 1.165) is 5.56 Å². The van der Waals surface area contributed by atoms with E-state index < -0.39 is 17.7 Å². The topological polar surface area (TPSA) is 88.8 Å². The zero-order chi connectivity index (χ0) is 22.0. The van der Waals surface area contributed by atoms with E-state index in [1.807, 2.05) is 24.3 Å². The summed E-state index contributed by atoms with van der Waals surface area (Å²) in [5, 5.41) is 12.4. The number of aliphatic carboxylic acids is 1. The molecule has 3 aromatic carbocycles. The second-order valence-electron chi connectivity index (χ2n) is 7.00. The van der Waals surface area contributed by atoms with Crippen molar-refractivity contribution in [3.8, 4) is 22.6 Å². The van der Waals surface area contributed by atoms with Crippen molar-refractivity contribution in [2.45, 2.75) is 13.0 Å². The van der Waals surface area contributed by atoms with E-state index in [4.69, 9.17) is 13.9 Å². The first-order chi connectivity index (χ1) is 15.0. The molecule has 0 radical (unpaired) electrons. The Morgan fingerprint density at radius 2 is 1.71 bits per heavy atom. The van der Waals surface area contributed by atoms with E-state index in [9.17, 15) is 14.7 Å². The molecule has 156 valence electrons. The summed E-state index contributed by atoms with van der Waals surface area (Å²) < 4.78 is 16.4. The summed E-state index contributed by atoms with van der Waals surface area (Å²) in [7, 11) is 1.59. The fourth-order valence-corrected chi connectivity index (χ4v) is 3.49. The van der Waals surface area contributed by atoms with Crippen molar-refractivity contribution in [2.24, 2.45) is 0 Å². The lowest BCUT2D eigenvalue weighted by atomic mass is 10.00. The molecule has 0 saturated carbocycles. The predicted molar refractivity (Wildman–Crippen MR) is 114 cm³/mol. The first-order valence-corrected chi connectivity index (χ1v) is 9.62. The molecule has 0 bridgehead atoms. The second kappa shape index (κ2) is 8.36. The maximum atomic E-state index is 12.3. The minimum Gasteiger partial charge on any atom is -0.546 e. The van der Waals surface area contributed by atoms with Crippen LogP contribution in [0.4, 0.5) is 0 Å². The van der Waals surface area contributed by atoms with Crippen LogP contribution in [0.1, 0.15) is 17.2 Å². The lowest BCUT2D eigenvalue weighted by molar-refractivity contribution is -0.314. The third-order valence-electron chi connectivity index (χ3n) is 5.07. The van der Waals surface area contributed by atoms with Crippen molar-refractivity contribution in [2.75, 3.05) is 7.11 Å². The molecule has 4 aromatic rings. The molecule has 6 heteroatoms. The van der Waals surface area contributed by atoms with Crippen molar-refractivity contribution < 1.29 is 23.8 Å². The van der Waals surface area contributed by atoms with Gasteiger partial charge in [0.15, 0.2) is 6.10 Å². The van der Waals surface area contributed by atoms with Crippen molar-refractivity contribution >= 4 is 16.9 Å². The predicted octanol–water partition coefficient (Wildman–Crippen LogP) is 3.65. The van der Waals surface area contributed by atoms with Crippen LogP contribution in [0.3, 0.4) is 0 Å². The van der Waals surface area contributed by atoms with Gasteiger partial charge in [-0.25, -0.2) is 4.79 Å². The van der Waals surface area contributed by atoms with Crippen molar-refractivity contribution in [1.29, 1.82) is 0 Å². The third kappa shape index (κ3) is 4.00. The summed E-state index contributed by atoms with van der Waals surface area (Å²) in [6.07, 6.45) is -1.30. The number of carboxylic acid groups (broad SMARTS) is 1. The van der Waals surface area contributed by atoms with Gasteiger partial charge in [-0.2, -0.15) is 0 Å². The number of rotatable bonds is 6. The molecule has 6 nitrogen and oxygen atoms in total. The van der Waals surface area contributed by atoms with E-state index >= 15 is 0 Å². The minimum atomic E-state index is -1.36. The SMILES string of the molecule is COc1ccc(-c2cc(=O)oc3c(C)c(O[C@H](C(=O)[O-])c4ccccc4)ccc23)cc1. The molecule has 1 heterocycles. The summed E-state index contributed by atoms with van der Waals surface area (Å²) in [4.78, 5) is 24.0. The summed E-state index contributed by atoms with van der Waals surface area (Å²) in [6.45, 7) is 1.72. The van der Waals surface area contributed by atoms with Crippen molar-refractivity contribution in [1.82, 2.24) is 0 Å². The highest BCUT2D eigenvalue weighted by atomic mass is 16.5. The van der Waals surface area contributed by atoms with Gasteiger partial charge in [0.2, 0.25) is 0 Å². The molecule has 31 heavy (non-hydrogen) atoms. The van der Waals surface area contributed by atoms with Crippen molar-refractivity contribution in [3.05, 3.63) is 94.3 Å². The number of hydrogen-bond donors (Lipinski definition) is 0. The Kier molecular flexibility index (Phi) is 5.45. The summed E-state index contributed by atoms with van der Waals surface area (Å²) in [5.74, 6) is -0.364. The number of aryl methyl sites for hydroxylation is 1. The van der Waals surface area contributed by atoms with E-state index in [2.05, 4.69) is 0 Å². The molecule has 0 N–H and O–H groups in total. The van der Waals surface area contributed by atoms with Crippen LogP contribution in [0.5, 0.6) is 11.5 Å². The van der Waals surface area contributed by atoms with Crippen molar-refractivity contribution in [3.63, 3.8) is 0 Å². The number of methoxy groups -OCH3 is 1. The fourth-order valence-electron chi connectivity index (χ4n) is 3.49. The molecule has 0 fully saturated rings. The number of hydrogen-bond acceptors (Lipinski definition) is 6. The molecular weight excluding hydrogens is 396 g/mol. The second-order valence-corrected chi connectivity index (χ2v) is 7.00. The molecule has 0 saturated heterocycles. The van der Waals surface area contributed by atoms with E-state index in [0.29, 0.717) is 39.2 Å². The molecule has 0 spiro atoms. The van der Waals surface area contributed by atoms with Crippen LogP contribution >= 0.6 is 0 Å². The Morgan fingerprint density at radius 3 is 2.35 bits per heavy atom. The van der Waals surface area contributed by atoms with Gasteiger partial charge >= 0.3 is 5.63 Å². The van der Waals surface area contributed by atoms with E-state index in [1.165, 1.54) is 6.07 Å². The molecule has 4 rings (SSSR count). The highest BCUT2D eigenvalue weighted by Crippen LogP contribution is 2.35. The standard InChI is InChI=1S/C25H20O6/c1-15-21(30-24(25(27)28)17-6-4-3-5-7-17)13-12-19-20(14-22(26)31-23(15)19)16-8-10-18(29-2)11-9-16/h3-14,24H,1-2H3,(H,27,28)/p-1/t24-/m0/s1. The van der Waals surface area contributed by atoms with Gasteiger partial charge in [-0.3, -0.25) is 0 Å². The minimum absolute atomic E-state index is 0.292. The van der Waals surface area contributed by atoms with Gasteiger partial charge in [-0.1, -0.05) is 42.5 Å². The van der Waals surface area contributed by atoms with Crippen LogP contribution in [0.2, 0.25) is 0 Å². The number of ether oxygens (including phenoxy) is 2. The van der Waals surface area contributed by atoms with Crippen LogP contribution in [0, 0.1) is 6.92 Å². The van der Waals surface area contributed by atoms with Gasteiger partial charge in [0.25, 0.3) is 0 Å². The first-order valence-electron chi connectivity index (χ1n) is 9.62. The van der Waals surface area contributed by atoms with Gasteiger partial charge < -0.3 is 23.8 Å². The molecule has 1 atom stereocenters. The van der Waals surface area contributed by atoms with Crippen LogP contribution in [0.15, 0.2) is 82.0 Å². The van der Waals surface area contributed by atoms with E-state index in [-0.39, 0.29) is 0 Å². The molecular formula is C25H19O6-. The number of carbonyl (C=O) groups is 1. The normalized spacial score (nSPS) is 11.8. The fraction of sp³-hybridized carbons (Fsp3) is 0.120. The molecule has 0 unspecified atom stereocenters. The number of benzene rings is 3. The van der Waals surface area contributed by atoms with Gasteiger partial charge in [0.1, 0.15) is 17.1 Å². The highest BCUT2D eigenvalue weighted by molar-refractivity contribution is 5.95. The number of carbonyl (C=O) groups excluding carboxylic acids is 1. The monoisotopic (exact) mass is 415 g/mol. The zero-order valence-corrected chi connectivity index (χ0v) is 17.0. The van der Waals surface area contributed by atoms with Crippen LogP contribution in [-0.2, 0) is 4.79 Å². The Morgan fingerprint density at radius 1 is 1.00 bits per heavy atom. The summed E-state index contributed by atoms with van der Waals surface area (Å²) in [5.41, 5.74) is 2.31. The molecule has 1 aromatic heterocycles. The van der Waals surface area contributed by atoms with E-state index in [1.54, 1.807) is 56.5 Å². The van der Waals surface area contributed by atoms with Gasteiger partial charge in [0, 0.05) is 17.0 Å². The van der Waals surface area contributed by atoms with Crippen LogP contribution < -0.4 is 20.2 Å². The average molecular weight is 415 g/mol. The Hall–Kier alpha value is -4.06. The lowest BCUT2D eigenvalue weighted by Crippen LogP contribution is -2.33. The average Bonchev–Trinajstić information content (AvgIpc) is 2.79. The van der Waals surface area contributed by atoms with Gasteiger partial charge in [-0.15, -0.1) is 0 Å². The Labute approximate surface area is 178 Å². The molecule has 0 aliphatic rings. The lowest BCUT2D eigenvalue weighted by Gasteiger charge is -2.22. The summed E-state index contributed by atoms with van der Waals surface area (Å²) in [6, 6.07) is 20.7. The Balaban J connectivity index is 1.80. The van der Waals surface area contributed by atoms with Crippen LogP contribution in [0.25, 0.3) is 22.1 Å². The molecule has 0 amide bonds. The first kappa shape index (κ1) is 20.2. The van der Waals surface area contributed by atoms with Crippen LogP contribution in [-0.4, -0.2) is 13.1 Å². The van der Waals surface area contributed by atoms with Gasteiger partial charge in [-0.05, 0) is 47.9 Å². The molecule has 0 aliphatic heterocycles. The zero-order valence-electron chi connectivity index (χ0n) is 17.0. The number of carboxylic acids is 1. The summed E-state index contributed by atoms with van der Waals surface area (Å²) >= 11 is 0. The smallest absolute Gasteiger partial charge is 0.336 e. The highest BCUT2D eigenvalue weighted by Gasteiger charge is 2.19. The largest absolute Gasteiger partial charge is 0.546 e. The molecule has 0 aliphatic carbocycles.